The van der Waals surface area contributed by atoms with Gasteiger partial charge in [0.05, 0.1) is 11.8 Å². The van der Waals surface area contributed by atoms with Crippen LogP contribution < -0.4 is 5.32 Å². The first kappa shape index (κ1) is 16.0. The first-order valence-electron chi connectivity index (χ1n) is 7.97. The number of anilines is 1. The van der Waals surface area contributed by atoms with Gasteiger partial charge in [-0.3, -0.25) is 19.3 Å². The normalized spacial score (nSPS) is 23.8. The minimum absolute atomic E-state index is 0.101. The van der Waals surface area contributed by atoms with Crippen LogP contribution in [0.15, 0.2) is 24.3 Å². The molecule has 3 rings (SSSR count). The molecule has 122 valence electrons. The van der Waals surface area contributed by atoms with Gasteiger partial charge in [-0.05, 0) is 31.0 Å². The summed E-state index contributed by atoms with van der Waals surface area (Å²) in [5, 5.41) is 3.27. The molecule has 0 radical (unpaired) electrons. The van der Waals surface area contributed by atoms with Crippen LogP contribution in [-0.4, -0.2) is 29.2 Å². The molecule has 1 saturated carbocycles. The summed E-state index contributed by atoms with van der Waals surface area (Å²) in [5.74, 6) is -0.757. The quantitative estimate of drug-likeness (QED) is 0.861. The molecule has 0 bridgehead atoms. The summed E-state index contributed by atoms with van der Waals surface area (Å²) in [4.78, 5) is 37.9. The van der Waals surface area contributed by atoms with E-state index < -0.39 is 0 Å². The van der Waals surface area contributed by atoms with Gasteiger partial charge in [0.2, 0.25) is 17.7 Å². The van der Waals surface area contributed by atoms with Gasteiger partial charge < -0.3 is 5.32 Å². The van der Waals surface area contributed by atoms with E-state index in [1.807, 2.05) is 0 Å². The van der Waals surface area contributed by atoms with Crippen molar-refractivity contribution in [1.82, 2.24) is 4.90 Å². The highest BCUT2D eigenvalue weighted by Crippen LogP contribution is 2.37. The Hall–Kier alpha value is -1.88. The molecule has 1 saturated heterocycles. The molecule has 0 unspecified atom stereocenters. The second kappa shape index (κ2) is 6.71. The molecule has 2 fully saturated rings. The summed E-state index contributed by atoms with van der Waals surface area (Å²) in [6, 6.07) is 6.86. The lowest BCUT2D eigenvalue weighted by molar-refractivity contribution is -0.140. The van der Waals surface area contributed by atoms with Gasteiger partial charge in [-0.25, -0.2) is 0 Å². The molecule has 1 aromatic rings. The predicted molar refractivity (Wildman–Crippen MR) is 86.9 cm³/mol. The van der Waals surface area contributed by atoms with Crippen molar-refractivity contribution in [1.29, 1.82) is 0 Å². The zero-order valence-electron chi connectivity index (χ0n) is 12.8. The topological polar surface area (TPSA) is 66.5 Å². The van der Waals surface area contributed by atoms with E-state index in [4.69, 9.17) is 11.6 Å². The van der Waals surface area contributed by atoms with Crippen LogP contribution >= 0.6 is 11.6 Å². The van der Waals surface area contributed by atoms with Crippen LogP contribution in [0.1, 0.15) is 32.1 Å². The van der Waals surface area contributed by atoms with Gasteiger partial charge in [0.15, 0.2) is 0 Å². The lowest BCUT2D eigenvalue weighted by atomic mass is 9.81. The van der Waals surface area contributed by atoms with Gasteiger partial charge in [0.25, 0.3) is 0 Å². The molecule has 2 aliphatic rings. The van der Waals surface area contributed by atoms with Gasteiger partial charge in [-0.15, -0.1) is 0 Å². The largest absolute Gasteiger partial charge is 0.326 e. The second-order valence-electron chi connectivity index (χ2n) is 6.13. The van der Waals surface area contributed by atoms with Gasteiger partial charge in [0.1, 0.15) is 0 Å². The Morgan fingerprint density at radius 2 is 1.83 bits per heavy atom. The van der Waals surface area contributed by atoms with E-state index in [0.717, 1.165) is 25.7 Å². The number of hydrogen-bond acceptors (Lipinski definition) is 3. The summed E-state index contributed by atoms with van der Waals surface area (Å²) >= 11 is 5.87. The molecule has 1 N–H and O–H groups in total. The fourth-order valence-electron chi connectivity index (χ4n) is 3.45. The number of imide groups is 1. The molecular formula is C17H19ClN2O3. The molecule has 1 heterocycles. The highest BCUT2D eigenvalue weighted by Gasteiger charge is 2.47. The minimum Gasteiger partial charge on any atom is -0.326 e. The number of carbonyl (C=O) groups is 3. The van der Waals surface area contributed by atoms with Crippen molar-refractivity contribution in [2.75, 3.05) is 11.9 Å². The summed E-state index contributed by atoms with van der Waals surface area (Å²) in [6.07, 6.45) is 3.69. The average Bonchev–Trinajstić information content (AvgIpc) is 2.77. The van der Waals surface area contributed by atoms with Crippen molar-refractivity contribution in [3.63, 3.8) is 0 Å². The van der Waals surface area contributed by atoms with Crippen molar-refractivity contribution in [3.05, 3.63) is 29.3 Å². The summed E-state index contributed by atoms with van der Waals surface area (Å²) in [7, 11) is 0. The molecule has 3 amide bonds. The number of rotatable bonds is 4. The molecule has 1 aliphatic carbocycles. The molecule has 5 nitrogen and oxygen atoms in total. The SMILES string of the molecule is O=C(CCN1C(=O)[C@H]2CCCC[C@H]2C1=O)Nc1cccc(Cl)c1. The van der Waals surface area contributed by atoms with Gasteiger partial charge in [-0.2, -0.15) is 0 Å². The fraction of sp³-hybridized carbons (Fsp3) is 0.471. The van der Waals surface area contributed by atoms with Crippen molar-refractivity contribution < 1.29 is 14.4 Å². The number of halogens is 1. The number of nitrogens with one attached hydrogen (secondary N) is 1. The van der Waals surface area contributed by atoms with Crippen LogP contribution in [0.4, 0.5) is 5.69 Å². The fourth-order valence-corrected chi connectivity index (χ4v) is 3.64. The van der Waals surface area contributed by atoms with E-state index in [-0.39, 0.29) is 42.5 Å². The van der Waals surface area contributed by atoms with Crippen LogP contribution in [0.5, 0.6) is 0 Å². The lowest BCUT2D eigenvalue weighted by Gasteiger charge is -2.19. The summed E-state index contributed by atoms with van der Waals surface area (Å²) in [6.45, 7) is 0.150. The number of likely N-dealkylation sites (tertiary alicyclic amines) is 1. The number of nitrogens with zero attached hydrogens (tertiary/aromatic N) is 1. The molecule has 1 aromatic carbocycles. The van der Waals surface area contributed by atoms with Crippen LogP contribution in [0, 0.1) is 11.8 Å². The third-order valence-corrected chi connectivity index (χ3v) is 4.84. The molecule has 23 heavy (non-hydrogen) atoms. The van der Waals surface area contributed by atoms with Gasteiger partial charge >= 0.3 is 0 Å². The molecule has 2 atom stereocenters. The number of fused-ring (bicyclic) bond motifs is 1. The Morgan fingerprint density at radius 3 is 2.43 bits per heavy atom. The van der Waals surface area contributed by atoms with Crippen LogP contribution in [0.2, 0.25) is 5.02 Å². The molecule has 6 heteroatoms. The molecule has 1 aliphatic heterocycles. The van der Waals surface area contributed by atoms with Crippen molar-refractivity contribution in [2.24, 2.45) is 11.8 Å². The number of amides is 3. The third kappa shape index (κ3) is 3.39. The number of hydrogen-bond donors (Lipinski definition) is 1. The summed E-state index contributed by atoms with van der Waals surface area (Å²) in [5.41, 5.74) is 0.607. The van der Waals surface area contributed by atoms with E-state index in [1.165, 1.54) is 4.90 Å². The molecule has 0 spiro atoms. The Morgan fingerprint density at radius 1 is 1.17 bits per heavy atom. The van der Waals surface area contributed by atoms with Crippen LogP contribution in [0.3, 0.4) is 0 Å². The van der Waals surface area contributed by atoms with E-state index in [0.29, 0.717) is 10.7 Å². The van der Waals surface area contributed by atoms with Crippen molar-refractivity contribution in [3.8, 4) is 0 Å². The number of benzene rings is 1. The number of carbonyl (C=O) groups excluding carboxylic acids is 3. The van der Waals surface area contributed by atoms with E-state index >= 15 is 0 Å². The standard InChI is InChI=1S/C17H19ClN2O3/c18-11-4-3-5-12(10-11)19-15(21)8-9-20-16(22)13-6-1-2-7-14(13)17(20)23/h3-5,10,13-14H,1-2,6-9H2,(H,19,21)/t13-,14+. The lowest BCUT2D eigenvalue weighted by Crippen LogP contribution is -2.34. The van der Waals surface area contributed by atoms with Crippen LogP contribution in [0.25, 0.3) is 0 Å². The predicted octanol–water partition coefficient (Wildman–Crippen LogP) is 2.84. The zero-order valence-corrected chi connectivity index (χ0v) is 13.5. The Balaban J connectivity index is 1.56. The zero-order chi connectivity index (χ0) is 16.4. The van der Waals surface area contributed by atoms with Gasteiger partial charge in [-0.1, -0.05) is 30.5 Å². The smallest absolute Gasteiger partial charge is 0.233 e. The highest BCUT2D eigenvalue weighted by atomic mass is 35.5. The molecular weight excluding hydrogens is 316 g/mol. The van der Waals surface area contributed by atoms with E-state index in [2.05, 4.69) is 5.32 Å². The monoisotopic (exact) mass is 334 g/mol. The van der Waals surface area contributed by atoms with E-state index in [9.17, 15) is 14.4 Å². The Bertz CT molecular complexity index is 622. The average molecular weight is 335 g/mol. The minimum atomic E-state index is -0.234. The maximum Gasteiger partial charge on any atom is 0.233 e. The van der Waals surface area contributed by atoms with E-state index in [1.54, 1.807) is 24.3 Å². The first-order valence-corrected chi connectivity index (χ1v) is 8.34. The van der Waals surface area contributed by atoms with Gasteiger partial charge in [0, 0.05) is 23.7 Å². The Labute approximate surface area is 140 Å². The maximum absolute atomic E-state index is 12.3. The third-order valence-electron chi connectivity index (χ3n) is 4.60. The molecule has 0 aromatic heterocycles. The maximum atomic E-state index is 12.3. The van der Waals surface area contributed by atoms with Crippen molar-refractivity contribution in [2.45, 2.75) is 32.1 Å². The second-order valence-corrected chi connectivity index (χ2v) is 6.57. The van der Waals surface area contributed by atoms with Crippen LogP contribution in [-0.2, 0) is 14.4 Å². The summed E-state index contributed by atoms with van der Waals surface area (Å²) < 4.78 is 0. The Kier molecular flexibility index (Phi) is 4.66. The highest BCUT2D eigenvalue weighted by molar-refractivity contribution is 6.30. The first-order chi connectivity index (χ1) is 11.1. The van der Waals surface area contributed by atoms with Crippen molar-refractivity contribution >= 4 is 35.0 Å².